The molecule has 1 aromatic carbocycles. The summed E-state index contributed by atoms with van der Waals surface area (Å²) in [5, 5.41) is 10.2. The van der Waals surface area contributed by atoms with Gasteiger partial charge in [-0.25, -0.2) is 4.79 Å². The van der Waals surface area contributed by atoms with Gasteiger partial charge in [0, 0.05) is 30.8 Å². The lowest BCUT2D eigenvalue weighted by Gasteiger charge is -2.04. The fourth-order valence-electron chi connectivity index (χ4n) is 2.29. The Kier molecular flexibility index (Phi) is 3.90. The Morgan fingerprint density at radius 1 is 1.42 bits per heavy atom. The third-order valence-electron chi connectivity index (χ3n) is 3.32. The number of carboxylic acid groups (broad SMARTS) is 1. The minimum absolute atomic E-state index is 0.319. The maximum Gasteiger partial charge on any atom is 0.335 e. The van der Waals surface area contributed by atoms with Gasteiger partial charge in [0.25, 0.3) is 0 Å². The summed E-state index contributed by atoms with van der Waals surface area (Å²) in [5.41, 5.74) is 2.52. The molecule has 0 amide bonds. The van der Waals surface area contributed by atoms with Gasteiger partial charge in [-0.05, 0) is 23.6 Å². The first-order valence-corrected chi connectivity index (χ1v) is 6.39. The largest absolute Gasteiger partial charge is 0.478 e. The van der Waals surface area contributed by atoms with Crippen molar-refractivity contribution in [3.63, 3.8) is 0 Å². The Morgan fingerprint density at radius 3 is 2.74 bits per heavy atom. The van der Waals surface area contributed by atoms with E-state index < -0.39 is 5.97 Å². The van der Waals surface area contributed by atoms with Crippen LogP contribution in [0.4, 0.5) is 0 Å². The normalized spacial score (nSPS) is 11.4. The zero-order chi connectivity index (χ0) is 14.0. The number of fused-ring (bicyclic) bond motifs is 1. The summed E-state index contributed by atoms with van der Waals surface area (Å²) in [7, 11) is 1.66. The van der Waals surface area contributed by atoms with Crippen LogP contribution < -0.4 is 0 Å². The van der Waals surface area contributed by atoms with E-state index in [1.165, 1.54) is 5.56 Å². The number of nitrogens with zero attached hydrogens (tertiary/aromatic N) is 1. The van der Waals surface area contributed by atoms with Crippen molar-refractivity contribution in [1.82, 2.24) is 4.57 Å². The monoisotopic (exact) mass is 261 g/mol. The lowest BCUT2D eigenvalue weighted by atomic mass is 10.0. The van der Waals surface area contributed by atoms with Crippen LogP contribution in [0.15, 0.2) is 24.4 Å². The maximum absolute atomic E-state index is 11.1. The third-order valence-corrected chi connectivity index (χ3v) is 3.32. The van der Waals surface area contributed by atoms with Gasteiger partial charge in [0.15, 0.2) is 0 Å². The van der Waals surface area contributed by atoms with Gasteiger partial charge >= 0.3 is 5.97 Å². The molecule has 0 fully saturated rings. The molecule has 1 aromatic heterocycles. The quantitative estimate of drug-likeness (QED) is 0.899. The molecule has 0 unspecified atom stereocenters. The molecule has 0 radical (unpaired) electrons. The van der Waals surface area contributed by atoms with Gasteiger partial charge in [-0.1, -0.05) is 19.9 Å². The molecule has 2 rings (SSSR count). The van der Waals surface area contributed by atoms with E-state index in [9.17, 15) is 4.79 Å². The molecule has 19 heavy (non-hydrogen) atoms. The Labute approximate surface area is 112 Å². The van der Waals surface area contributed by atoms with E-state index in [0.717, 1.165) is 17.4 Å². The average Bonchev–Trinajstić information content (AvgIpc) is 2.74. The van der Waals surface area contributed by atoms with E-state index in [0.29, 0.717) is 18.1 Å². The number of methoxy groups -OCH3 is 1. The van der Waals surface area contributed by atoms with E-state index in [4.69, 9.17) is 9.84 Å². The highest BCUT2D eigenvalue weighted by atomic mass is 16.5. The zero-order valence-corrected chi connectivity index (χ0v) is 11.5. The number of benzene rings is 1. The van der Waals surface area contributed by atoms with Crippen molar-refractivity contribution < 1.29 is 14.6 Å². The van der Waals surface area contributed by atoms with Gasteiger partial charge in [-0.15, -0.1) is 0 Å². The number of carboxylic acids is 1. The number of hydrogen-bond donors (Lipinski definition) is 1. The van der Waals surface area contributed by atoms with Gasteiger partial charge < -0.3 is 14.4 Å². The second kappa shape index (κ2) is 5.45. The molecule has 4 nitrogen and oxygen atoms in total. The lowest BCUT2D eigenvalue weighted by Crippen LogP contribution is -2.03. The first-order valence-electron chi connectivity index (χ1n) is 6.39. The highest BCUT2D eigenvalue weighted by Crippen LogP contribution is 2.28. The van der Waals surface area contributed by atoms with Crippen LogP contribution in [-0.4, -0.2) is 29.4 Å². The molecule has 0 aliphatic rings. The highest BCUT2D eigenvalue weighted by Gasteiger charge is 2.13. The fourth-order valence-corrected chi connectivity index (χ4v) is 2.29. The number of carbonyl (C=O) groups is 1. The van der Waals surface area contributed by atoms with Crippen molar-refractivity contribution >= 4 is 16.9 Å². The highest BCUT2D eigenvalue weighted by molar-refractivity contribution is 5.94. The van der Waals surface area contributed by atoms with Crippen LogP contribution in [0.1, 0.15) is 35.7 Å². The fraction of sp³-hybridized carbons (Fsp3) is 0.400. The van der Waals surface area contributed by atoms with Crippen LogP contribution in [0, 0.1) is 0 Å². The summed E-state index contributed by atoms with van der Waals surface area (Å²) in [4.78, 5) is 11.1. The van der Waals surface area contributed by atoms with Gasteiger partial charge in [0.1, 0.15) is 0 Å². The van der Waals surface area contributed by atoms with E-state index in [1.807, 2.05) is 6.07 Å². The molecule has 1 N–H and O–H groups in total. The molecule has 4 heteroatoms. The van der Waals surface area contributed by atoms with E-state index in [1.54, 1.807) is 19.2 Å². The van der Waals surface area contributed by atoms with Gasteiger partial charge in [-0.3, -0.25) is 0 Å². The molecule has 0 saturated carbocycles. The van der Waals surface area contributed by atoms with E-state index in [2.05, 4.69) is 24.6 Å². The Hall–Kier alpha value is -1.81. The molecule has 0 aliphatic heterocycles. The first-order chi connectivity index (χ1) is 9.04. The first kappa shape index (κ1) is 13.6. The summed E-state index contributed by atoms with van der Waals surface area (Å²) >= 11 is 0. The summed E-state index contributed by atoms with van der Waals surface area (Å²) in [6, 6.07) is 5.30. The van der Waals surface area contributed by atoms with Crippen LogP contribution >= 0.6 is 0 Å². The van der Waals surface area contributed by atoms with Crippen molar-refractivity contribution in [2.24, 2.45) is 0 Å². The number of aromatic nitrogens is 1. The van der Waals surface area contributed by atoms with Crippen molar-refractivity contribution in [3.05, 3.63) is 35.5 Å². The predicted molar refractivity (Wildman–Crippen MR) is 74.9 cm³/mol. The number of rotatable bonds is 5. The summed E-state index contributed by atoms with van der Waals surface area (Å²) in [6.45, 7) is 5.61. The Morgan fingerprint density at radius 2 is 2.16 bits per heavy atom. The second-order valence-electron chi connectivity index (χ2n) is 4.96. The molecule has 0 atom stereocenters. The molecule has 0 aliphatic carbocycles. The van der Waals surface area contributed by atoms with E-state index in [-0.39, 0.29) is 0 Å². The SMILES string of the molecule is COCCn1cc(C(C)C)c2ccc(C(=O)O)cc21. The van der Waals surface area contributed by atoms with Crippen molar-refractivity contribution in [2.45, 2.75) is 26.3 Å². The van der Waals surface area contributed by atoms with Crippen molar-refractivity contribution in [3.8, 4) is 0 Å². The Balaban J connectivity index is 2.58. The van der Waals surface area contributed by atoms with Crippen LogP contribution in [0.25, 0.3) is 10.9 Å². The minimum atomic E-state index is -0.896. The average molecular weight is 261 g/mol. The van der Waals surface area contributed by atoms with Crippen LogP contribution in [-0.2, 0) is 11.3 Å². The molecule has 102 valence electrons. The summed E-state index contributed by atoms with van der Waals surface area (Å²) in [6.07, 6.45) is 2.10. The minimum Gasteiger partial charge on any atom is -0.478 e. The van der Waals surface area contributed by atoms with Crippen LogP contribution in [0.3, 0.4) is 0 Å². The van der Waals surface area contributed by atoms with Gasteiger partial charge in [0.2, 0.25) is 0 Å². The second-order valence-corrected chi connectivity index (χ2v) is 4.96. The number of aromatic carboxylic acids is 1. The molecule has 0 spiro atoms. The maximum atomic E-state index is 11.1. The lowest BCUT2D eigenvalue weighted by molar-refractivity contribution is 0.0697. The molecule has 0 saturated heterocycles. The van der Waals surface area contributed by atoms with E-state index >= 15 is 0 Å². The Bertz CT molecular complexity index is 599. The molecule has 0 bridgehead atoms. The van der Waals surface area contributed by atoms with Crippen molar-refractivity contribution in [1.29, 1.82) is 0 Å². The van der Waals surface area contributed by atoms with Gasteiger partial charge in [-0.2, -0.15) is 0 Å². The smallest absolute Gasteiger partial charge is 0.335 e. The zero-order valence-electron chi connectivity index (χ0n) is 11.5. The summed E-state index contributed by atoms with van der Waals surface area (Å²) in [5.74, 6) is -0.491. The molecule has 1 heterocycles. The standard InChI is InChI=1S/C15H19NO3/c1-10(2)13-9-16(6-7-19-3)14-8-11(15(17)18)4-5-12(13)14/h4-5,8-10H,6-7H2,1-3H3,(H,17,18). The topological polar surface area (TPSA) is 51.5 Å². The van der Waals surface area contributed by atoms with Crippen LogP contribution in [0.2, 0.25) is 0 Å². The summed E-state index contributed by atoms with van der Waals surface area (Å²) < 4.78 is 7.17. The van der Waals surface area contributed by atoms with Crippen molar-refractivity contribution in [2.75, 3.05) is 13.7 Å². The molecular weight excluding hydrogens is 242 g/mol. The number of ether oxygens (including phenoxy) is 1. The third kappa shape index (κ3) is 2.63. The van der Waals surface area contributed by atoms with Gasteiger partial charge in [0.05, 0.1) is 12.2 Å². The number of hydrogen-bond acceptors (Lipinski definition) is 2. The van der Waals surface area contributed by atoms with Crippen LogP contribution in [0.5, 0.6) is 0 Å². The molecular formula is C15H19NO3. The molecule has 2 aromatic rings. The predicted octanol–water partition coefficient (Wildman–Crippen LogP) is 3.11.